The van der Waals surface area contributed by atoms with Crippen LogP contribution in [0.25, 0.3) is 11.0 Å². The molecule has 4 rings (SSSR count). The number of hydrogen-bond acceptors (Lipinski definition) is 4. The van der Waals surface area contributed by atoms with Gasteiger partial charge in [0.1, 0.15) is 5.58 Å². The Labute approximate surface area is 184 Å². The number of fused-ring (bicyclic) bond motifs is 1. The lowest BCUT2D eigenvalue weighted by molar-refractivity contribution is -0.131. The zero-order valence-corrected chi connectivity index (χ0v) is 19.3. The Morgan fingerprint density at radius 2 is 1.77 bits per heavy atom. The second kappa shape index (κ2) is 8.17. The van der Waals surface area contributed by atoms with Crippen molar-refractivity contribution >= 4 is 42.8 Å². The number of nitrogens with zero attached hydrogens (tertiary/aromatic N) is 2. The van der Waals surface area contributed by atoms with Gasteiger partial charge in [-0.2, -0.15) is 4.31 Å². The highest BCUT2D eigenvalue weighted by Crippen LogP contribution is 2.28. The van der Waals surface area contributed by atoms with Crippen molar-refractivity contribution in [3.05, 3.63) is 63.8 Å². The van der Waals surface area contributed by atoms with Crippen LogP contribution in [0.5, 0.6) is 0 Å². The summed E-state index contributed by atoms with van der Waals surface area (Å²) >= 11 is 3.32. The Bertz CT molecular complexity index is 1210. The van der Waals surface area contributed by atoms with Crippen LogP contribution in [0, 0.1) is 13.8 Å². The van der Waals surface area contributed by atoms with Gasteiger partial charge in [-0.1, -0.05) is 24.3 Å². The van der Waals surface area contributed by atoms with Gasteiger partial charge in [-0.15, -0.1) is 0 Å². The van der Waals surface area contributed by atoms with Crippen molar-refractivity contribution in [1.29, 1.82) is 0 Å². The predicted octanol–water partition coefficient (Wildman–Crippen LogP) is 3.89. The molecule has 1 aliphatic heterocycles. The molecule has 0 aliphatic carbocycles. The maximum atomic E-state index is 12.9. The Kier molecular flexibility index (Phi) is 5.74. The largest absolute Gasteiger partial charge is 0.464 e. The van der Waals surface area contributed by atoms with E-state index in [1.807, 2.05) is 26.0 Å². The fourth-order valence-electron chi connectivity index (χ4n) is 3.77. The molecule has 6 nitrogen and oxygen atoms in total. The maximum Gasteiger partial charge on any atom is 0.244 e. The molecule has 0 spiro atoms. The molecule has 1 aliphatic rings. The second-order valence-electron chi connectivity index (χ2n) is 7.54. The van der Waals surface area contributed by atoms with Crippen molar-refractivity contribution in [2.45, 2.75) is 25.2 Å². The molecule has 158 valence electrons. The minimum Gasteiger partial charge on any atom is -0.464 e. The summed E-state index contributed by atoms with van der Waals surface area (Å²) < 4.78 is 33.5. The third-order valence-electron chi connectivity index (χ3n) is 5.73. The van der Waals surface area contributed by atoms with Gasteiger partial charge in [0.25, 0.3) is 0 Å². The Balaban J connectivity index is 1.44. The van der Waals surface area contributed by atoms with Crippen LogP contribution in [-0.2, 0) is 21.2 Å². The normalized spacial score (nSPS) is 15.6. The first kappa shape index (κ1) is 21.1. The highest BCUT2D eigenvalue weighted by Gasteiger charge is 2.31. The minimum absolute atomic E-state index is 0.0196. The first-order chi connectivity index (χ1) is 14.3. The van der Waals surface area contributed by atoms with Gasteiger partial charge in [0.15, 0.2) is 0 Å². The molecular formula is C22H23BrN2O4S. The van der Waals surface area contributed by atoms with Gasteiger partial charge in [0.05, 0.1) is 17.6 Å². The van der Waals surface area contributed by atoms with Gasteiger partial charge >= 0.3 is 0 Å². The van der Waals surface area contributed by atoms with Crippen LogP contribution in [0.2, 0.25) is 0 Å². The van der Waals surface area contributed by atoms with Crippen LogP contribution in [0.4, 0.5) is 0 Å². The molecule has 1 amide bonds. The summed E-state index contributed by atoms with van der Waals surface area (Å²) in [5, 5.41) is 0.960. The van der Waals surface area contributed by atoms with Crippen LogP contribution < -0.4 is 0 Å². The third-order valence-corrected chi connectivity index (χ3v) is 8.64. The van der Waals surface area contributed by atoms with E-state index in [9.17, 15) is 13.2 Å². The summed E-state index contributed by atoms with van der Waals surface area (Å²) in [6, 6.07) is 10.8. The number of amides is 1. The Hall–Kier alpha value is -2.16. The van der Waals surface area contributed by atoms with Gasteiger partial charge in [0.2, 0.25) is 15.9 Å². The molecule has 0 atom stereocenters. The number of carbonyl (C=O) groups excluding carboxylic acids is 1. The number of sulfonamides is 1. The lowest BCUT2D eigenvalue weighted by Gasteiger charge is -2.34. The average molecular weight is 491 g/mol. The molecular weight excluding hydrogens is 468 g/mol. The quantitative estimate of drug-likeness (QED) is 0.556. The van der Waals surface area contributed by atoms with E-state index in [2.05, 4.69) is 15.9 Å². The molecule has 0 bridgehead atoms. The van der Waals surface area contributed by atoms with Crippen LogP contribution in [0.3, 0.4) is 0 Å². The lowest BCUT2D eigenvalue weighted by atomic mass is 10.0. The number of furan rings is 1. The smallest absolute Gasteiger partial charge is 0.244 e. The number of aryl methyl sites for hydroxylation is 2. The van der Waals surface area contributed by atoms with E-state index in [1.165, 1.54) is 4.31 Å². The van der Waals surface area contributed by atoms with E-state index in [1.54, 1.807) is 35.4 Å². The van der Waals surface area contributed by atoms with Crippen molar-refractivity contribution in [2.24, 2.45) is 0 Å². The molecule has 0 unspecified atom stereocenters. The van der Waals surface area contributed by atoms with E-state index in [0.29, 0.717) is 17.6 Å². The van der Waals surface area contributed by atoms with E-state index in [-0.39, 0.29) is 30.3 Å². The second-order valence-corrected chi connectivity index (χ2v) is 10.3. The summed E-state index contributed by atoms with van der Waals surface area (Å²) in [6.07, 6.45) is 1.90. The summed E-state index contributed by atoms with van der Waals surface area (Å²) in [6.45, 7) is 5.34. The summed E-state index contributed by atoms with van der Waals surface area (Å²) in [5.41, 5.74) is 3.91. The topological polar surface area (TPSA) is 70.8 Å². The zero-order chi connectivity index (χ0) is 21.5. The van der Waals surface area contributed by atoms with Gasteiger partial charge in [-0.3, -0.25) is 4.79 Å². The molecule has 1 saturated heterocycles. The first-order valence-electron chi connectivity index (χ1n) is 9.78. The van der Waals surface area contributed by atoms with Crippen molar-refractivity contribution in [2.75, 3.05) is 26.2 Å². The van der Waals surface area contributed by atoms with Crippen LogP contribution >= 0.6 is 15.9 Å². The highest BCUT2D eigenvalue weighted by molar-refractivity contribution is 9.10. The van der Waals surface area contributed by atoms with Crippen LogP contribution in [-0.4, -0.2) is 49.7 Å². The highest BCUT2D eigenvalue weighted by atomic mass is 79.9. The summed E-state index contributed by atoms with van der Waals surface area (Å²) in [4.78, 5) is 14.8. The SMILES string of the molecule is Cc1ccc2c(CC(=O)N3CCN(S(=O)(=O)c4ccccc4Br)CC3)coc2c1C. The molecule has 0 N–H and O–H groups in total. The van der Waals surface area contributed by atoms with Gasteiger partial charge in [-0.25, -0.2) is 8.42 Å². The molecule has 0 radical (unpaired) electrons. The Morgan fingerprint density at radius 1 is 1.07 bits per heavy atom. The summed E-state index contributed by atoms with van der Waals surface area (Å²) in [7, 11) is -3.60. The van der Waals surface area contributed by atoms with Crippen molar-refractivity contribution < 1.29 is 17.6 Å². The predicted molar refractivity (Wildman–Crippen MR) is 119 cm³/mol. The minimum atomic E-state index is -3.60. The molecule has 2 aromatic carbocycles. The Morgan fingerprint density at radius 3 is 2.47 bits per heavy atom. The standard InChI is InChI=1S/C22H23BrN2O4S/c1-15-7-8-18-17(14-29-22(18)16(15)2)13-21(26)24-9-11-25(12-10-24)30(27,28)20-6-4-3-5-19(20)23/h3-8,14H,9-13H2,1-2H3. The van der Waals surface area contributed by atoms with E-state index in [0.717, 1.165) is 27.7 Å². The maximum absolute atomic E-state index is 12.9. The van der Waals surface area contributed by atoms with Crippen LogP contribution in [0.15, 0.2) is 56.4 Å². The first-order valence-corrected chi connectivity index (χ1v) is 12.0. The summed E-state index contributed by atoms with van der Waals surface area (Å²) in [5.74, 6) is -0.0196. The number of halogens is 1. The van der Waals surface area contributed by atoms with Gasteiger partial charge in [0, 0.05) is 41.6 Å². The number of carbonyl (C=O) groups is 1. The lowest BCUT2D eigenvalue weighted by Crippen LogP contribution is -2.50. The molecule has 1 fully saturated rings. The van der Waals surface area contributed by atoms with Crippen LogP contribution in [0.1, 0.15) is 16.7 Å². The monoisotopic (exact) mass is 490 g/mol. The fourth-order valence-corrected chi connectivity index (χ4v) is 6.16. The molecule has 2 heterocycles. The van der Waals surface area contributed by atoms with E-state index < -0.39 is 10.0 Å². The molecule has 0 saturated carbocycles. The molecule has 30 heavy (non-hydrogen) atoms. The van der Waals surface area contributed by atoms with Gasteiger partial charge in [-0.05, 0) is 53.0 Å². The molecule has 3 aromatic rings. The van der Waals surface area contributed by atoms with Gasteiger partial charge < -0.3 is 9.32 Å². The fraction of sp³-hybridized carbons (Fsp3) is 0.318. The molecule has 1 aromatic heterocycles. The number of benzene rings is 2. The zero-order valence-electron chi connectivity index (χ0n) is 16.9. The van der Waals surface area contributed by atoms with Crippen molar-refractivity contribution in [3.63, 3.8) is 0 Å². The number of piperazine rings is 1. The number of hydrogen-bond donors (Lipinski definition) is 0. The van der Waals surface area contributed by atoms with E-state index in [4.69, 9.17) is 4.42 Å². The average Bonchev–Trinajstić information content (AvgIpc) is 3.14. The molecule has 8 heteroatoms. The number of rotatable bonds is 4. The third kappa shape index (κ3) is 3.79. The van der Waals surface area contributed by atoms with E-state index >= 15 is 0 Å². The van der Waals surface area contributed by atoms with Crippen molar-refractivity contribution in [3.8, 4) is 0 Å². The van der Waals surface area contributed by atoms with Crippen molar-refractivity contribution in [1.82, 2.24) is 9.21 Å².